The van der Waals surface area contributed by atoms with Crippen molar-refractivity contribution in [2.24, 2.45) is 0 Å². The first-order valence-electron chi connectivity index (χ1n) is 8.66. The highest BCUT2D eigenvalue weighted by atomic mass is 16.5. The van der Waals surface area contributed by atoms with Crippen molar-refractivity contribution in [1.82, 2.24) is 15.2 Å². The van der Waals surface area contributed by atoms with Crippen molar-refractivity contribution in [2.45, 2.75) is 38.7 Å². The molecule has 4 rings (SSSR count). The van der Waals surface area contributed by atoms with Gasteiger partial charge in [-0.05, 0) is 62.3 Å². The van der Waals surface area contributed by atoms with Gasteiger partial charge in [0.05, 0.1) is 7.11 Å². The third kappa shape index (κ3) is 3.38. The summed E-state index contributed by atoms with van der Waals surface area (Å²) in [5.41, 5.74) is 0.993. The summed E-state index contributed by atoms with van der Waals surface area (Å²) in [4.78, 5) is 4.70. The molecule has 0 spiro atoms. The van der Waals surface area contributed by atoms with Crippen molar-refractivity contribution in [2.75, 3.05) is 12.4 Å². The van der Waals surface area contributed by atoms with Crippen LogP contribution in [0.3, 0.4) is 0 Å². The number of nitrogens with zero attached hydrogens (tertiary/aromatic N) is 2. The van der Waals surface area contributed by atoms with E-state index in [0.29, 0.717) is 11.7 Å². The SMILES string of the molecule is COc1ccc2c(OC3CCCC3)nc(Nc3cc(C)[nH]n3)cc2c1. The summed E-state index contributed by atoms with van der Waals surface area (Å²) in [6.07, 6.45) is 4.88. The Morgan fingerprint density at radius 2 is 1.96 bits per heavy atom. The van der Waals surface area contributed by atoms with Crippen LogP contribution in [0.25, 0.3) is 10.8 Å². The van der Waals surface area contributed by atoms with E-state index in [1.54, 1.807) is 7.11 Å². The minimum absolute atomic E-state index is 0.251. The number of rotatable bonds is 5. The van der Waals surface area contributed by atoms with Crippen molar-refractivity contribution in [3.63, 3.8) is 0 Å². The smallest absolute Gasteiger partial charge is 0.223 e. The summed E-state index contributed by atoms with van der Waals surface area (Å²) >= 11 is 0. The van der Waals surface area contributed by atoms with Gasteiger partial charge in [0.15, 0.2) is 5.82 Å². The van der Waals surface area contributed by atoms with E-state index in [0.717, 1.165) is 40.9 Å². The normalized spacial score (nSPS) is 14.8. The van der Waals surface area contributed by atoms with Crippen molar-refractivity contribution < 1.29 is 9.47 Å². The van der Waals surface area contributed by atoms with E-state index in [1.165, 1.54) is 12.8 Å². The number of anilines is 2. The lowest BCUT2D eigenvalue weighted by Gasteiger charge is -2.16. The molecule has 0 saturated heterocycles. The molecule has 3 aromatic rings. The highest BCUT2D eigenvalue weighted by Crippen LogP contribution is 2.33. The Morgan fingerprint density at radius 1 is 1.12 bits per heavy atom. The number of benzene rings is 1. The molecule has 6 nitrogen and oxygen atoms in total. The van der Waals surface area contributed by atoms with E-state index in [1.807, 2.05) is 37.3 Å². The van der Waals surface area contributed by atoms with Gasteiger partial charge in [0, 0.05) is 17.1 Å². The van der Waals surface area contributed by atoms with Gasteiger partial charge in [0.2, 0.25) is 5.88 Å². The van der Waals surface area contributed by atoms with Crippen LogP contribution < -0.4 is 14.8 Å². The molecule has 1 saturated carbocycles. The van der Waals surface area contributed by atoms with E-state index in [-0.39, 0.29) is 6.10 Å². The number of aromatic nitrogens is 3. The molecular formula is C19H22N4O2. The molecule has 1 aliphatic rings. The van der Waals surface area contributed by atoms with Gasteiger partial charge in [0.25, 0.3) is 0 Å². The second-order valence-electron chi connectivity index (χ2n) is 6.49. The number of aromatic amines is 1. The van der Waals surface area contributed by atoms with Gasteiger partial charge in [0.1, 0.15) is 17.7 Å². The number of aryl methyl sites for hydroxylation is 1. The van der Waals surface area contributed by atoms with Gasteiger partial charge in [-0.2, -0.15) is 10.1 Å². The molecule has 2 aromatic heterocycles. The molecule has 0 bridgehead atoms. The average molecular weight is 338 g/mol. The number of pyridine rings is 1. The third-order valence-corrected chi connectivity index (χ3v) is 4.55. The quantitative estimate of drug-likeness (QED) is 0.724. The van der Waals surface area contributed by atoms with Crippen LogP contribution in [-0.2, 0) is 0 Å². The maximum Gasteiger partial charge on any atom is 0.223 e. The Bertz CT molecular complexity index is 884. The number of H-pyrrole nitrogens is 1. The number of nitrogens with one attached hydrogen (secondary N) is 2. The number of ether oxygens (including phenoxy) is 2. The first-order valence-corrected chi connectivity index (χ1v) is 8.66. The number of hydrogen-bond acceptors (Lipinski definition) is 5. The van der Waals surface area contributed by atoms with Crippen LogP contribution in [0.2, 0.25) is 0 Å². The van der Waals surface area contributed by atoms with Crippen LogP contribution in [0.5, 0.6) is 11.6 Å². The van der Waals surface area contributed by atoms with Crippen LogP contribution >= 0.6 is 0 Å². The van der Waals surface area contributed by atoms with E-state index in [2.05, 4.69) is 15.5 Å². The molecule has 1 aliphatic carbocycles. The molecule has 0 aliphatic heterocycles. The number of methoxy groups -OCH3 is 1. The molecule has 0 amide bonds. The molecule has 2 N–H and O–H groups in total. The molecule has 0 atom stereocenters. The van der Waals surface area contributed by atoms with Crippen molar-refractivity contribution in [3.8, 4) is 11.6 Å². The van der Waals surface area contributed by atoms with Gasteiger partial charge < -0.3 is 14.8 Å². The average Bonchev–Trinajstić information content (AvgIpc) is 3.26. The number of fused-ring (bicyclic) bond motifs is 1. The zero-order chi connectivity index (χ0) is 17.2. The molecule has 0 radical (unpaired) electrons. The summed E-state index contributed by atoms with van der Waals surface area (Å²) in [6.45, 7) is 1.96. The first-order chi connectivity index (χ1) is 12.2. The Labute approximate surface area is 146 Å². The van der Waals surface area contributed by atoms with Crippen LogP contribution in [-0.4, -0.2) is 28.4 Å². The summed E-state index contributed by atoms with van der Waals surface area (Å²) in [7, 11) is 1.67. The molecule has 1 fully saturated rings. The van der Waals surface area contributed by atoms with E-state index >= 15 is 0 Å². The second kappa shape index (κ2) is 6.63. The van der Waals surface area contributed by atoms with Gasteiger partial charge >= 0.3 is 0 Å². The van der Waals surface area contributed by atoms with Crippen molar-refractivity contribution >= 4 is 22.4 Å². The minimum atomic E-state index is 0.251. The second-order valence-corrected chi connectivity index (χ2v) is 6.49. The highest BCUT2D eigenvalue weighted by Gasteiger charge is 2.19. The van der Waals surface area contributed by atoms with Gasteiger partial charge in [-0.15, -0.1) is 0 Å². The Morgan fingerprint density at radius 3 is 2.68 bits per heavy atom. The van der Waals surface area contributed by atoms with E-state index in [4.69, 9.17) is 14.5 Å². The third-order valence-electron chi connectivity index (χ3n) is 4.55. The minimum Gasteiger partial charge on any atom is -0.497 e. The molecule has 25 heavy (non-hydrogen) atoms. The molecule has 130 valence electrons. The van der Waals surface area contributed by atoms with E-state index < -0.39 is 0 Å². The fourth-order valence-electron chi connectivity index (χ4n) is 3.26. The maximum absolute atomic E-state index is 6.23. The summed E-state index contributed by atoms with van der Waals surface area (Å²) in [5.74, 6) is 2.92. The molecule has 1 aromatic carbocycles. The predicted molar refractivity (Wildman–Crippen MR) is 97.8 cm³/mol. The van der Waals surface area contributed by atoms with Crippen molar-refractivity contribution in [1.29, 1.82) is 0 Å². The molecular weight excluding hydrogens is 316 g/mol. The largest absolute Gasteiger partial charge is 0.497 e. The highest BCUT2D eigenvalue weighted by molar-refractivity contribution is 5.90. The van der Waals surface area contributed by atoms with Crippen LogP contribution in [0.1, 0.15) is 31.4 Å². The zero-order valence-corrected chi connectivity index (χ0v) is 14.5. The van der Waals surface area contributed by atoms with Crippen LogP contribution in [0.15, 0.2) is 30.3 Å². The lowest BCUT2D eigenvalue weighted by atomic mass is 10.1. The summed E-state index contributed by atoms with van der Waals surface area (Å²) < 4.78 is 11.6. The van der Waals surface area contributed by atoms with Gasteiger partial charge in [-0.3, -0.25) is 5.10 Å². The fraction of sp³-hybridized carbons (Fsp3) is 0.368. The zero-order valence-electron chi connectivity index (χ0n) is 14.5. The molecule has 6 heteroatoms. The van der Waals surface area contributed by atoms with Gasteiger partial charge in [-0.1, -0.05) is 0 Å². The Balaban J connectivity index is 1.73. The molecule has 2 heterocycles. The Kier molecular flexibility index (Phi) is 4.17. The van der Waals surface area contributed by atoms with Crippen molar-refractivity contribution in [3.05, 3.63) is 36.0 Å². The summed E-state index contributed by atoms with van der Waals surface area (Å²) in [6, 6.07) is 9.88. The van der Waals surface area contributed by atoms with Crippen LogP contribution in [0, 0.1) is 6.92 Å². The summed E-state index contributed by atoms with van der Waals surface area (Å²) in [5, 5.41) is 12.4. The fourth-order valence-corrected chi connectivity index (χ4v) is 3.26. The Hall–Kier alpha value is -2.76. The maximum atomic E-state index is 6.23. The predicted octanol–water partition coefficient (Wildman–Crippen LogP) is 4.34. The lowest BCUT2D eigenvalue weighted by molar-refractivity contribution is 0.205. The lowest BCUT2D eigenvalue weighted by Crippen LogP contribution is -2.12. The monoisotopic (exact) mass is 338 g/mol. The van der Waals surface area contributed by atoms with E-state index in [9.17, 15) is 0 Å². The molecule has 0 unspecified atom stereocenters. The van der Waals surface area contributed by atoms with Crippen LogP contribution in [0.4, 0.5) is 11.6 Å². The topological polar surface area (TPSA) is 72.1 Å². The van der Waals surface area contributed by atoms with Gasteiger partial charge in [-0.25, -0.2) is 0 Å². The standard InChI is InChI=1S/C19H22N4O2/c1-12-9-18(23-22-12)20-17-11-13-10-15(24-2)7-8-16(13)19(21-17)25-14-5-3-4-6-14/h7-11,14H,3-6H2,1-2H3,(H2,20,21,22,23). The number of hydrogen-bond donors (Lipinski definition) is 2. The first kappa shape index (κ1) is 15.7.